The van der Waals surface area contributed by atoms with Crippen molar-refractivity contribution in [3.05, 3.63) is 0 Å². The SMILES string of the molecule is CC(C)(C)OC(=O)NC1(/C=N/NC(=O)CCCCC(=O)NO)CCCC1. The van der Waals surface area contributed by atoms with Crippen LogP contribution in [-0.2, 0) is 14.3 Å². The first-order chi connectivity index (χ1) is 12.2. The molecule has 0 unspecified atom stereocenters. The van der Waals surface area contributed by atoms with Gasteiger partial charge in [-0.3, -0.25) is 14.8 Å². The molecule has 0 aromatic rings. The van der Waals surface area contributed by atoms with Crippen molar-refractivity contribution in [3.8, 4) is 0 Å². The monoisotopic (exact) mass is 370 g/mol. The van der Waals surface area contributed by atoms with Crippen molar-refractivity contribution in [1.29, 1.82) is 0 Å². The number of hydrazone groups is 1. The normalized spacial score (nSPS) is 16.3. The van der Waals surface area contributed by atoms with Crippen LogP contribution in [0, 0.1) is 0 Å². The molecular weight excluding hydrogens is 340 g/mol. The van der Waals surface area contributed by atoms with E-state index in [9.17, 15) is 14.4 Å². The molecule has 0 radical (unpaired) electrons. The third-order valence-electron chi connectivity index (χ3n) is 3.93. The highest BCUT2D eigenvalue weighted by atomic mass is 16.6. The van der Waals surface area contributed by atoms with Crippen molar-refractivity contribution in [3.63, 3.8) is 0 Å². The maximum absolute atomic E-state index is 12.0. The second kappa shape index (κ2) is 10.1. The molecule has 1 rings (SSSR count). The third-order valence-corrected chi connectivity index (χ3v) is 3.93. The lowest BCUT2D eigenvalue weighted by molar-refractivity contribution is -0.129. The Balaban J connectivity index is 2.42. The molecule has 148 valence electrons. The van der Waals surface area contributed by atoms with Crippen molar-refractivity contribution in [1.82, 2.24) is 16.2 Å². The zero-order valence-corrected chi connectivity index (χ0v) is 15.8. The van der Waals surface area contributed by atoms with Gasteiger partial charge in [0, 0.05) is 12.8 Å². The number of amides is 3. The lowest BCUT2D eigenvalue weighted by atomic mass is 10.00. The highest BCUT2D eigenvalue weighted by Crippen LogP contribution is 2.28. The fourth-order valence-corrected chi connectivity index (χ4v) is 2.71. The molecule has 0 aromatic carbocycles. The highest BCUT2D eigenvalue weighted by molar-refractivity contribution is 5.81. The van der Waals surface area contributed by atoms with Crippen LogP contribution in [0.5, 0.6) is 0 Å². The van der Waals surface area contributed by atoms with Crippen LogP contribution >= 0.6 is 0 Å². The minimum absolute atomic E-state index is 0.163. The average Bonchev–Trinajstić information content (AvgIpc) is 2.97. The number of rotatable bonds is 8. The Morgan fingerprint density at radius 2 is 1.69 bits per heavy atom. The van der Waals surface area contributed by atoms with E-state index in [0.717, 1.165) is 25.7 Å². The van der Waals surface area contributed by atoms with Gasteiger partial charge in [-0.1, -0.05) is 12.8 Å². The summed E-state index contributed by atoms with van der Waals surface area (Å²) in [5.41, 5.74) is 2.81. The minimum Gasteiger partial charge on any atom is -0.444 e. The zero-order chi connectivity index (χ0) is 19.6. The van der Waals surface area contributed by atoms with E-state index >= 15 is 0 Å². The number of ether oxygens (including phenoxy) is 1. The second-order valence-electron chi connectivity index (χ2n) is 7.53. The van der Waals surface area contributed by atoms with E-state index in [0.29, 0.717) is 12.8 Å². The molecule has 1 saturated carbocycles. The maximum Gasteiger partial charge on any atom is 0.408 e. The molecule has 9 heteroatoms. The molecule has 9 nitrogen and oxygen atoms in total. The number of alkyl carbamates (subject to hydrolysis) is 1. The van der Waals surface area contributed by atoms with E-state index < -0.39 is 23.1 Å². The fraction of sp³-hybridized carbons (Fsp3) is 0.765. The molecule has 4 N–H and O–H groups in total. The molecule has 3 amide bonds. The molecule has 0 heterocycles. The van der Waals surface area contributed by atoms with Crippen LogP contribution in [0.15, 0.2) is 5.10 Å². The predicted molar refractivity (Wildman–Crippen MR) is 95.6 cm³/mol. The average molecular weight is 370 g/mol. The van der Waals surface area contributed by atoms with Gasteiger partial charge in [0.25, 0.3) is 0 Å². The molecule has 1 fully saturated rings. The van der Waals surface area contributed by atoms with Crippen molar-refractivity contribution in [2.45, 2.75) is 83.3 Å². The van der Waals surface area contributed by atoms with Gasteiger partial charge in [-0.15, -0.1) is 0 Å². The number of nitrogens with zero attached hydrogens (tertiary/aromatic N) is 1. The Kier molecular flexibility index (Phi) is 8.50. The molecule has 1 aliphatic rings. The molecule has 0 saturated heterocycles. The van der Waals surface area contributed by atoms with E-state index in [1.54, 1.807) is 32.5 Å². The summed E-state index contributed by atoms with van der Waals surface area (Å²) >= 11 is 0. The smallest absolute Gasteiger partial charge is 0.408 e. The largest absolute Gasteiger partial charge is 0.444 e. The first-order valence-corrected chi connectivity index (χ1v) is 8.93. The van der Waals surface area contributed by atoms with Crippen LogP contribution in [-0.4, -0.2) is 40.5 Å². The van der Waals surface area contributed by atoms with Gasteiger partial charge in [0.1, 0.15) is 5.60 Å². The van der Waals surface area contributed by atoms with E-state index in [1.165, 1.54) is 0 Å². The van der Waals surface area contributed by atoms with E-state index in [4.69, 9.17) is 9.94 Å². The van der Waals surface area contributed by atoms with Gasteiger partial charge in [0.2, 0.25) is 11.8 Å². The molecule has 1 aliphatic carbocycles. The fourth-order valence-electron chi connectivity index (χ4n) is 2.71. The van der Waals surface area contributed by atoms with E-state index in [-0.39, 0.29) is 18.7 Å². The first-order valence-electron chi connectivity index (χ1n) is 8.93. The lowest BCUT2D eigenvalue weighted by Gasteiger charge is -2.28. The molecule has 0 aromatic heterocycles. The number of unbranched alkanes of at least 4 members (excludes halogenated alkanes) is 1. The van der Waals surface area contributed by atoms with Crippen LogP contribution < -0.4 is 16.2 Å². The Morgan fingerprint density at radius 3 is 2.23 bits per heavy atom. The summed E-state index contributed by atoms with van der Waals surface area (Å²) in [6.07, 6.45) is 5.86. The lowest BCUT2D eigenvalue weighted by Crippen LogP contribution is -2.49. The van der Waals surface area contributed by atoms with Crippen LogP contribution in [0.2, 0.25) is 0 Å². The predicted octanol–water partition coefficient (Wildman–Crippen LogP) is 1.99. The number of nitrogens with one attached hydrogen (secondary N) is 3. The molecule has 0 spiro atoms. The molecule has 0 bridgehead atoms. The molecule has 0 aliphatic heterocycles. The Bertz CT molecular complexity index is 522. The molecular formula is C17H30N4O5. The molecule has 26 heavy (non-hydrogen) atoms. The van der Waals surface area contributed by atoms with Crippen LogP contribution in [0.25, 0.3) is 0 Å². The first kappa shape index (κ1) is 21.9. The van der Waals surface area contributed by atoms with Crippen molar-refractivity contribution >= 4 is 24.1 Å². The Labute approximate surface area is 153 Å². The summed E-state index contributed by atoms with van der Waals surface area (Å²) in [7, 11) is 0. The van der Waals surface area contributed by atoms with Gasteiger partial charge in [-0.05, 0) is 46.5 Å². The van der Waals surface area contributed by atoms with Gasteiger partial charge in [-0.25, -0.2) is 15.7 Å². The number of hydroxylamine groups is 1. The molecule has 0 atom stereocenters. The van der Waals surface area contributed by atoms with Crippen molar-refractivity contribution < 1.29 is 24.3 Å². The van der Waals surface area contributed by atoms with Crippen molar-refractivity contribution in [2.24, 2.45) is 5.10 Å². The van der Waals surface area contributed by atoms with Gasteiger partial charge >= 0.3 is 6.09 Å². The summed E-state index contributed by atoms with van der Waals surface area (Å²) in [5.74, 6) is -0.740. The summed E-state index contributed by atoms with van der Waals surface area (Å²) in [6.45, 7) is 5.39. The summed E-state index contributed by atoms with van der Waals surface area (Å²) in [6, 6.07) is 0. The minimum atomic E-state index is -0.602. The van der Waals surface area contributed by atoms with E-state index in [1.807, 2.05) is 0 Å². The van der Waals surface area contributed by atoms with Gasteiger partial charge in [0.05, 0.1) is 11.8 Å². The third kappa shape index (κ3) is 8.80. The standard InChI is InChI=1S/C17H30N4O5/c1-16(2,3)26-15(24)19-17(10-6-7-11-17)12-18-20-13(22)8-4-5-9-14(23)21-25/h12,25H,4-11H2,1-3H3,(H,19,24)(H,20,22)(H,21,23)/b18-12+. The zero-order valence-electron chi connectivity index (χ0n) is 15.8. The van der Waals surface area contributed by atoms with Gasteiger partial charge in [0.15, 0.2) is 0 Å². The topological polar surface area (TPSA) is 129 Å². The van der Waals surface area contributed by atoms with Gasteiger partial charge in [-0.2, -0.15) is 5.10 Å². The summed E-state index contributed by atoms with van der Waals surface area (Å²) < 4.78 is 5.30. The Morgan fingerprint density at radius 1 is 1.12 bits per heavy atom. The van der Waals surface area contributed by atoms with Crippen LogP contribution in [0.3, 0.4) is 0 Å². The number of hydrogen-bond donors (Lipinski definition) is 4. The van der Waals surface area contributed by atoms with Crippen LogP contribution in [0.4, 0.5) is 4.79 Å². The van der Waals surface area contributed by atoms with Crippen molar-refractivity contribution in [2.75, 3.05) is 0 Å². The summed E-state index contributed by atoms with van der Waals surface area (Å²) in [4.78, 5) is 34.7. The number of carbonyl (C=O) groups excluding carboxylic acids is 3. The number of hydrogen-bond acceptors (Lipinski definition) is 6. The quantitative estimate of drug-likeness (QED) is 0.225. The van der Waals surface area contributed by atoms with Crippen LogP contribution in [0.1, 0.15) is 72.1 Å². The van der Waals surface area contributed by atoms with Gasteiger partial charge < -0.3 is 10.1 Å². The Hall–Kier alpha value is -2.16. The number of carbonyl (C=O) groups is 3. The second-order valence-corrected chi connectivity index (χ2v) is 7.53. The maximum atomic E-state index is 12.0. The summed E-state index contributed by atoms with van der Waals surface area (Å²) in [5, 5.41) is 15.2. The highest BCUT2D eigenvalue weighted by Gasteiger charge is 2.35. The van der Waals surface area contributed by atoms with E-state index in [2.05, 4.69) is 15.8 Å².